The van der Waals surface area contributed by atoms with Gasteiger partial charge in [-0.3, -0.25) is 9.36 Å². The molecule has 0 spiro atoms. The van der Waals surface area contributed by atoms with Crippen LogP contribution in [0.1, 0.15) is 26.9 Å². The lowest BCUT2D eigenvalue weighted by molar-refractivity contribution is 0.0741. The van der Waals surface area contributed by atoms with Crippen molar-refractivity contribution in [2.45, 2.75) is 24.8 Å². The van der Waals surface area contributed by atoms with Gasteiger partial charge in [-0.1, -0.05) is 30.0 Å². The number of aryl methyl sites for hydroxylation is 2. The first-order chi connectivity index (χ1) is 17.5. The van der Waals surface area contributed by atoms with E-state index in [1.54, 1.807) is 18.9 Å². The molecule has 0 unspecified atom stereocenters. The number of carbonyl (C=O) groups is 1. The van der Waals surface area contributed by atoms with E-state index < -0.39 is 0 Å². The van der Waals surface area contributed by atoms with E-state index in [9.17, 15) is 4.79 Å². The highest BCUT2D eigenvalue weighted by Crippen LogP contribution is 2.28. The van der Waals surface area contributed by atoms with E-state index in [-0.39, 0.29) is 5.91 Å². The Hall–Kier alpha value is -3.37. The minimum Gasteiger partial charge on any atom is -0.497 e. The molecule has 10 heteroatoms. The summed E-state index contributed by atoms with van der Waals surface area (Å²) in [5.74, 6) is 2.31. The summed E-state index contributed by atoms with van der Waals surface area (Å²) in [6.07, 6.45) is 0. The van der Waals surface area contributed by atoms with Gasteiger partial charge in [0.1, 0.15) is 22.3 Å². The zero-order valence-corrected chi connectivity index (χ0v) is 22.2. The standard InChI is InChI=1S/C26H28N6O2S2/c1-18-6-4-5-7-23(18)32-19(2)28-29-26(32)36-17-24-27-22(16-35-24)25(33)31-14-12-30(13-15-31)20-8-10-21(34-3)11-9-20/h4-11,16H,12-15,17H2,1-3H3. The molecular formula is C26H28N6O2S2. The smallest absolute Gasteiger partial charge is 0.273 e. The van der Waals surface area contributed by atoms with Crippen molar-refractivity contribution in [2.75, 3.05) is 38.2 Å². The Morgan fingerprint density at radius 1 is 1.03 bits per heavy atom. The van der Waals surface area contributed by atoms with Crippen molar-refractivity contribution in [2.24, 2.45) is 0 Å². The maximum absolute atomic E-state index is 13.1. The summed E-state index contributed by atoms with van der Waals surface area (Å²) in [5.41, 5.74) is 3.90. The predicted molar refractivity (Wildman–Crippen MR) is 144 cm³/mol. The second-order valence-corrected chi connectivity index (χ2v) is 10.4. The third-order valence-corrected chi connectivity index (χ3v) is 8.22. The minimum atomic E-state index is -0.00389. The molecule has 36 heavy (non-hydrogen) atoms. The van der Waals surface area contributed by atoms with Gasteiger partial charge in [0.15, 0.2) is 5.16 Å². The molecule has 0 radical (unpaired) electrons. The fraction of sp³-hybridized carbons (Fsp3) is 0.308. The number of thiazole rings is 1. The number of aromatic nitrogens is 4. The van der Waals surface area contributed by atoms with Gasteiger partial charge >= 0.3 is 0 Å². The number of nitrogens with zero attached hydrogens (tertiary/aromatic N) is 6. The molecule has 8 nitrogen and oxygen atoms in total. The lowest BCUT2D eigenvalue weighted by Crippen LogP contribution is -2.48. The molecule has 1 saturated heterocycles. The number of piperazine rings is 1. The molecule has 0 atom stereocenters. The Bertz CT molecular complexity index is 1340. The number of hydrogen-bond donors (Lipinski definition) is 0. The van der Waals surface area contributed by atoms with Crippen molar-refractivity contribution in [3.05, 3.63) is 76.0 Å². The molecule has 4 aromatic rings. The monoisotopic (exact) mass is 520 g/mol. The van der Waals surface area contributed by atoms with Crippen LogP contribution in [0, 0.1) is 13.8 Å². The molecule has 2 aromatic carbocycles. The summed E-state index contributed by atoms with van der Waals surface area (Å²) in [6, 6.07) is 16.2. The summed E-state index contributed by atoms with van der Waals surface area (Å²) in [4.78, 5) is 21.9. The highest BCUT2D eigenvalue weighted by Gasteiger charge is 2.24. The van der Waals surface area contributed by atoms with Crippen LogP contribution in [0.3, 0.4) is 0 Å². The third-order valence-electron chi connectivity index (χ3n) is 6.25. The van der Waals surface area contributed by atoms with E-state index in [1.165, 1.54) is 11.3 Å². The number of rotatable bonds is 7. The fourth-order valence-corrected chi connectivity index (χ4v) is 6.03. The maximum atomic E-state index is 13.1. The molecule has 1 aliphatic heterocycles. The molecule has 0 N–H and O–H groups in total. The molecule has 186 valence electrons. The normalized spacial score (nSPS) is 13.8. The van der Waals surface area contributed by atoms with Gasteiger partial charge in [0, 0.05) is 37.2 Å². The SMILES string of the molecule is COc1ccc(N2CCN(C(=O)c3csc(CSc4nnc(C)n4-c4ccccc4C)n3)CC2)cc1. The quantitative estimate of drug-likeness (QED) is 0.330. The lowest BCUT2D eigenvalue weighted by Gasteiger charge is -2.35. The maximum Gasteiger partial charge on any atom is 0.273 e. The Morgan fingerprint density at radius 3 is 2.50 bits per heavy atom. The first-order valence-corrected chi connectivity index (χ1v) is 13.6. The Morgan fingerprint density at radius 2 is 1.78 bits per heavy atom. The van der Waals surface area contributed by atoms with Gasteiger partial charge in [-0.15, -0.1) is 21.5 Å². The van der Waals surface area contributed by atoms with Gasteiger partial charge in [0.2, 0.25) is 0 Å². The topological polar surface area (TPSA) is 76.4 Å². The molecule has 1 amide bonds. The van der Waals surface area contributed by atoms with Crippen molar-refractivity contribution in [1.82, 2.24) is 24.6 Å². The van der Waals surface area contributed by atoms with Crippen molar-refractivity contribution in [3.8, 4) is 11.4 Å². The molecule has 5 rings (SSSR count). The average molecular weight is 521 g/mol. The van der Waals surface area contributed by atoms with Crippen LogP contribution in [0.15, 0.2) is 59.1 Å². The number of benzene rings is 2. The second-order valence-electron chi connectivity index (χ2n) is 8.54. The number of hydrogen-bond acceptors (Lipinski definition) is 8. The highest BCUT2D eigenvalue weighted by molar-refractivity contribution is 7.98. The van der Waals surface area contributed by atoms with Gasteiger partial charge in [-0.25, -0.2) is 4.98 Å². The number of carbonyl (C=O) groups excluding carboxylic acids is 1. The number of methoxy groups -OCH3 is 1. The van der Waals surface area contributed by atoms with Crippen molar-refractivity contribution in [3.63, 3.8) is 0 Å². The van der Waals surface area contributed by atoms with E-state index in [0.717, 1.165) is 51.8 Å². The highest BCUT2D eigenvalue weighted by atomic mass is 32.2. The van der Waals surface area contributed by atoms with Gasteiger partial charge in [0.05, 0.1) is 18.6 Å². The van der Waals surface area contributed by atoms with Crippen molar-refractivity contribution < 1.29 is 9.53 Å². The summed E-state index contributed by atoms with van der Waals surface area (Å²) < 4.78 is 7.31. The van der Waals surface area contributed by atoms with Crippen LogP contribution in [0.2, 0.25) is 0 Å². The number of para-hydroxylation sites is 1. The number of ether oxygens (including phenoxy) is 1. The first kappa shape index (κ1) is 24.3. The van der Waals surface area contributed by atoms with Gasteiger partial charge in [-0.05, 0) is 49.7 Å². The summed E-state index contributed by atoms with van der Waals surface area (Å²) >= 11 is 3.10. The van der Waals surface area contributed by atoms with Crippen LogP contribution in [0.4, 0.5) is 5.69 Å². The lowest BCUT2D eigenvalue weighted by atomic mass is 10.2. The van der Waals surface area contributed by atoms with E-state index in [0.29, 0.717) is 24.5 Å². The van der Waals surface area contributed by atoms with Gasteiger partial charge < -0.3 is 14.5 Å². The Labute approximate surface area is 218 Å². The third kappa shape index (κ3) is 5.10. The van der Waals surface area contributed by atoms with E-state index in [1.807, 2.05) is 41.5 Å². The average Bonchev–Trinajstić information content (AvgIpc) is 3.54. The van der Waals surface area contributed by atoms with Crippen LogP contribution in [-0.4, -0.2) is 63.8 Å². The summed E-state index contributed by atoms with van der Waals surface area (Å²) in [6.45, 7) is 6.96. The van der Waals surface area contributed by atoms with Crippen LogP contribution >= 0.6 is 23.1 Å². The van der Waals surface area contributed by atoms with Crippen molar-refractivity contribution in [1.29, 1.82) is 0 Å². The molecule has 3 heterocycles. The Kier molecular flexibility index (Phi) is 7.24. The molecule has 1 fully saturated rings. The molecule has 2 aromatic heterocycles. The van der Waals surface area contributed by atoms with Crippen molar-refractivity contribution >= 4 is 34.7 Å². The van der Waals surface area contributed by atoms with E-state index >= 15 is 0 Å². The summed E-state index contributed by atoms with van der Waals surface area (Å²) in [5, 5.41) is 12.2. The molecule has 0 aliphatic carbocycles. The number of anilines is 1. The van der Waals surface area contributed by atoms with Crippen LogP contribution in [0.25, 0.3) is 5.69 Å². The first-order valence-electron chi connectivity index (χ1n) is 11.8. The second kappa shape index (κ2) is 10.7. The van der Waals surface area contributed by atoms with Gasteiger partial charge in [-0.2, -0.15) is 0 Å². The number of thioether (sulfide) groups is 1. The zero-order valence-electron chi connectivity index (χ0n) is 20.5. The van der Waals surface area contributed by atoms with Crippen LogP contribution < -0.4 is 9.64 Å². The van der Waals surface area contributed by atoms with Crippen LogP contribution in [0.5, 0.6) is 5.75 Å². The largest absolute Gasteiger partial charge is 0.497 e. The zero-order chi connectivity index (χ0) is 25.1. The van der Waals surface area contributed by atoms with Crippen LogP contribution in [-0.2, 0) is 5.75 Å². The molecular weight excluding hydrogens is 492 g/mol. The summed E-state index contributed by atoms with van der Waals surface area (Å²) in [7, 11) is 1.67. The predicted octanol–water partition coefficient (Wildman–Crippen LogP) is 4.60. The molecule has 0 bridgehead atoms. The number of amides is 1. The van der Waals surface area contributed by atoms with Gasteiger partial charge in [0.25, 0.3) is 5.91 Å². The molecule has 0 saturated carbocycles. The molecule has 1 aliphatic rings. The van der Waals surface area contributed by atoms with E-state index in [4.69, 9.17) is 4.74 Å². The fourth-order valence-electron chi connectivity index (χ4n) is 4.25. The van der Waals surface area contributed by atoms with E-state index in [2.05, 4.69) is 55.8 Å². The Balaban J connectivity index is 1.19. The minimum absolute atomic E-state index is 0.00389.